The third-order valence-electron chi connectivity index (χ3n) is 36.6. The number of hydrogen-bond acceptors (Lipinski definition) is 4. The number of rotatable bonds is 37. The molecular weight excluding hydrogens is 1780 g/mol. The van der Waals surface area contributed by atoms with Crippen molar-refractivity contribution < 1.29 is 13.3 Å². The third-order valence-corrected chi connectivity index (χ3v) is 36.6. The van der Waals surface area contributed by atoms with E-state index >= 15 is 0 Å². The first-order chi connectivity index (χ1) is 71.7. The zero-order chi connectivity index (χ0) is 101. The molecule has 0 saturated heterocycles. The summed E-state index contributed by atoms with van der Waals surface area (Å²) in [5.74, 6) is 0.773. The van der Waals surface area contributed by atoms with Crippen molar-refractivity contribution in [2.24, 2.45) is 0 Å². The van der Waals surface area contributed by atoms with Crippen molar-refractivity contribution >= 4 is 84.1 Å². The van der Waals surface area contributed by atoms with Crippen molar-refractivity contribution in [3.63, 3.8) is 0 Å². The summed E-state index contributed by atoms with van der Waals surface area (Å²) in [4.78, 5) is 2.54. The van der Waals surface area contributed by atoms with E-state index in [1.807, 2.05) is 6.08 Å². The normalized spacial score (nSPS) is 15.2. The molecule has 0 aliphatic heterocycles. The summed E-state index contributed by atoms with van der Waals surface area (Å²) in [5.41, 5.74) is 49.5. The molecule has 4 heteroatoms. The highest BCUT2D eigenvalue weighted by Crippen LogP contribution is 2.65. The molecule has 0 amide bonds. The summed E-state index contributed by atoms with van der Waals surface area (Å²) < 4.78 is 21.6. The molecule has 4 nitrogen and oxygen atoms in total. The second-order valence-electron chi connectivity index (χ2n) is 46.7. The Labute approximate surface area is 873 Å². The first-order valence-electron chi connectivity index (χ1n) is 56.6. The highest BCUT2D eigenvalue weighted by molar-refractivity contribution is 6.20. The van der Waals surface area contributed by atoms with Crippen LogP contribution in [0.2, 0.25) is 0 Å². The number of furan rings is 3. The summed E-state index contributed by atoms with van der Waals surface area (Å²) in [6.07, 6.45) is 42.5. The first-order valence-corrected chi connectivity index (χ1v) is 56.6. The monoisotopic (exact) mass is 1920 g/mol. The molecule has 0 bridgehead atoms. The fourth-order valence-electron chi connectivity index (χ4n) is 28.7. The van der Waals surface area contributed by atoms with Crippen LogP contribution < -0.4 is 4.90 Å². The Bertz CT molecular complexity index is 8250. The van der Waals surface area contributed by atoms with Crippen molar-refractivity contribution in [3.8, 4) is 111 Å². The molecule has 0 spiro atoms. The second-order valence-corrected chi connectivity index (χ2v) is 46.7. The van der Waals surface area contributed by atoms with Gasteiger partial charge < -0.3 is 18.2 Å². The number of nitrogens with zero attached hydrogens (tertiary/aromatic N) is 1. The van der Waals surface area contributed by atoms with Gasteiger partial charge in [0, 0.05) is 82.1 Å². The minimum absolute atomic E-state index is 0.00455. The first kappa shape index (κ1) is 95.9. The standard InChI is InChI=1S/C143H145NO3/c1-15-21-25-29-33-45-77-142(78-46-34-30-26-22-16-2)114-55-41-37-51-99(114)105-71-63-93(83-122(105)142)91-61-69-101-103-73-65-95(85-118(103)138(7,8)116(101)81-91)112-89-124-131(134-109(50-19-5)127(20-6)146-136(112)134)107-75-67-97(87-120(107)140(124,11)12)144(126-57-49-60-130-133(126)110-53-39-43-58-128(110)145-130)98-68-76-108-121(88-98)141(13,14)125-90-113(137-135(132(108)125)111-54-40-44-59-129(111)147-137)96-66-74-104-102-70-62-92(82-117(102)139(9,10)119(104)86-96)94-64-72-106-100-52-38-42-56-115(100)143(123(106)84-94,79-47-35-31-27-23-17-3)80-48-36-32-28-24-18-4/h19-20,37-44,49-76,81-90H,6,15-18,21-36,45-48,77-80H2,1-5,7-14H3/b50-19-. The molecule has 6 aliphatic carbocycles. The Balaban J connectivity index is 0.575. The molecule has 0 unspecified atom stereocenters. The Kier molecular flexibility index (Phi) is 24.9. The molecule has 0 radical (unpaired) electrons. The van der Waals surface area contributed by atoms with E-state index in [9.17, 15) is 0 Å². The van der Waals surface area contributed by atoms with Gasteiger partial charge in [-0.25, -0.2) is 0 Å². The number of para-hydroxylation sites is 2. The lowest BCUT2D eigenvalue weighted by Gasteiger charge is -2.33. The smallest absolute Gasteiger partial charge is 0.143 e. The third kappa shape index (κ3) is 15.6. The lowest BCUT2D eigenvalue weighted by molar-refractivity contribution is 0.398. The SMILES string of the molecule is C=Cc1oc2c(-c3ccc4c(c3)C(C)(C)c3cc(-c5ccc6c(c5)C(CCCCCCCC)(CCCCCCCC)c5ccccc5-6)ccc3-4)cc3c(c2c1/C=C\C)-c1ccc(N(c2ccc4c(c2)C(C)(C)c2cc(-c5ccc6c(c5)C(C)(C)c5cc(-c7ccc8c(c7)C(CCCCCCCC)(CCCCCCCC)c7ccccc7-8)ccc5-6)c5oc6ccccc6c5c2-4)c2cccc4oc5ccccc5c24)cc1C3(C)C. The Morgan fingerprint density at radius 3 is 1.01 bits per heavy atom. The fourth-order valence-corrected chi connectivity index (χ4v) is 28.7. The summed E-state index contributed by atoms with van der Waals surface area (Å²) in [6, 6.07) is 107. The average molecular weight is 1930 g/mol. The molecule has 3 heterocycles. The van der Waals surface area contributed by atoms with Crippen LogP contribution in [-0.4, -0.2) is 0 Å². The lowest BCUT2D eigenvalue weighted by Crippen LogP contribution is -2.25. The average Bonchev–Trinajstić information content (AvgIpc) is 1.45. The van der Waals surface area contributed by atoms with Crippen LogP contribution in [-0.2, 0) is 32.5 Å². The summed E-state index contributed by atoms with van der Waals surface area (Å²) in [6.45, 7) is 35.6. The van der Waals surface area contributed by atoms with E-state index in [4.69, 9.17) is 13.3 Å². The highest BCUT2D eigenvalue weighted by atomic mass is 16.3. The maximum atomic E-state index is 7.36. The van der Waals surface area contributed by atoms with Crippen LogP contribution in [0.5, 0.6) is 0 Å². The van der Waals surface area contributed by atoms with E-state index in [-0.39, 0.29) is 21.7 Å². The van der Waals surface area contributed by atoms with Gasteiger partial charge in [-0.05, 0) is 303 Å². The minimum Gasteiger partial charge on any atom is -0.456 e. The Morgan fingerprint density at radius 1 is 0.259 bits per heavy atom. The van der Waals surface area contributed by atoms with Gasteiger partial charge in [-0.15, -0.1) is 0 Å². The molecule has 15 aromatic carbocycles. The van der Waals surface area contributed by atoms with Crippen molar-refractivity contribution in [2.75, 3.05) is 4.90 Å². The summed E-state index contributed by atoms with van der Waals surface area (Å²) in [7, 11) is 0. The van der Waals surface area contributed by atoms with Crippen LogP contribution in [0, 0.1) is 0 Å². The van der Waals surface area contributed by atoms with Crippen molar-refractivity contribution in [3.05, 3.63) is 364 Å². The van der Waals surface area contributed by atoms with Gasteiger partial charge >= 0.3 is 0 Å². The molecule has 6 aliphatic rings. The number of unbranched alkanes of at least 4 members (excludes halogenated alkanes) is 20. The molecule has 0 atom stereocenters. The van der Waals surface area contributed by atoms with Crippen molar-refractivity contribution in [2.45, 2.75) is 302 Å². The van der Waals surface area contributed by atoms with Gasteiger partial charge in [-0.2, -0.15) is 0 Å². The fraction of sp³-hybridized carbons (Fsp3) is 0.329. The number of hydrogen-bond donors (Lipinski definition) is 0. The van der Waals surface area contributed by atoms with Gasteiger partial charge in [0.2, 0.25) is 0 Å². The van der Waals surface area contributed by atoms with Gasteiger partial charge in [0.05, 0.1) is 11.1 Å². The number of benzene rings is 15. The quantitative estimate of drug-likeness (QED) is 0.0364. The Morgan fingerprint density at radius 2 is 0.585 bits per heavy atom. The van der Waals surface area contributed by atoms with Gasteiger partial charge in [0.15, 0.2) is 0 Å². The molecule has 740 valence electrons. The van der Waals surface area contributed by atoms with E-state index in [1.54, 1.807) is 22.3 Å². The molecular formula is C143H145NO3. The van der Waals surface area contributed by atoms with Gasteiger partial charge in [-0.1, -0.05) is 432 Å². The highest BCUT2D eigenvalue weighted by Gasteiger charge is 2.49. The predicted octanol–water partition coefficient (Wildman–Crippen LogP) is 42.8. The number of anilines is 3. The van der Waals surface area contributed by atoms with E-state index in [2.05, 4.69) is 387 Å². The van der Waals surface area contributed by atoms with E-state index in [0.29, 0.717) is 0 Å². The van der Waals surface area contributed by atoms with Crippen LogP contribution in [0.3, 0.4) is 0 Å². The van der Waals surface area contributed by atoms with Crippen LogP contribution in [0.15, 0.2) is 299 Å². The summed E-state index contributed by atoms with van der Waals surface area (Å²) in [5, 5.41) is 5.57. The predicted molar refractivity (Wildman–Crippen MR) is 627 cm³/mol. The zero-order valence-electron chi connectivity index (χ0n) is 89.4. The number of allylic oxidation sites excluding steroid dienone is 1. The van der Waals surface area contributed by atoms with Crippen LogP contribution in [0.25, 0.3) is 178 Å². The van der Waals surface area contributed by atoms with E-state index in [1.165, 1.54) is 324 Å². The number of fused-ring (bicyclic) bond motifs is 27. The van der Waals surface area contributed by atoms with Crippen LogP contribution in [0.4, 0.5) is 17.1 Å². The largest absolute Gasteiger partial charge is 0.456 e. The zero-order valence-corrected chi connectivity index (χ0v) is 89.4. The summed E-state index contributed by atoms with van der Waals surface area (Å²) >= 11 is 0. The van der Waals surface area contributed by atoms with Crippen molar-refractivity contribution in [1.82, 2.24) is 0 Å². The molecule has 3 aromatic heterocycles. The van der Waals surface area contributed by atoms with E-state index in [0.717, 1.165) is 94.5 Å². The van der Waals surface area contributed by atoms with Crippen LogP contribution in [0.1, 0.15) is 348 Å². The molecule has 0 N–H and O–H groups in total. The topological polar surface area (TPSA) is 42.7 Å². The van der Waals surface area contributed by atoms with Gasteiger partial charge in [-0.3, -0.25) is 0 Å². The van der Waals surface area contributed by atoms with Crippen LogP contribution >= 0.6 is 0 Å². The van der Waals surface area contributed by atoms with E-state index < -0.39 is 10.8 Å². The maximum Gasteiger partial charge on any atom is 0.143 e. The molecule has 18 aromatic rings. The molecule has 24 rings (SSSR count). The lowest BCUT2D eigenvalue weighted by atomic mass is 9.70. The van der Waals surface area contributed by atoms with Crippen molar-refractivity contribution in [1.29, 1.82) is 0 Å². The molecule has 0 saturated carbocycles. The maximum absolute atomic E-state index is 7.36. The second kappa shape index (κ2) is 38.1. The van der Waals surface area contributed by atoms with Gasteiger partial charge in [0.25, 0.3) is 0 Å². The minimum atomic E-state index is -0.487. The molecule has 0 fully saturated rings. The van der Waals surface area contributed by atoms with Gasteiger partial charge in [0.1, 0.15) is 33.7 Å². The molecule has 147 heavy (non-hydrogen) atoms. The Hall–Kier alpha value is -13.3.